The number of carbonyl (C=O) groups excluding carboxylic acids is 2. The standard InChI is InChI=1S/C18H14INO2S/c1-12-2-4-14(5-3-12)11-20-17(21)16(23-18(20)22)10-13-6-8-15(19)9-7-13/h2-10H,11H2,1H3/b16-10-. The molecule has 3 nitrogen and oxygen atoms in total. The highest BCUT2D eigenvalue weighted by atomic mass is 127. The largest absolute Gasteiger partial charge is 0.293 e. The fourth-order valence-electron chi connectivity index (χ4n) is 2.22. The first-order valence-corrected chi connectivity index (χ1v) is 8.99. The van der Waals surface area contributed by atoms with E-state index in [1.54, 1.807) is 6.08 Å². The van der Waals surface area contributed by atoms with E-state index in [2.05, 4.69) is 22.6 Å². The van der Waals surface area contributed by atoms with Crippen LogP contribution in [0.3, 0.4) is 0 Å². The molecule has 1 aliphatic rings. The molecule has 0 spiro atoms. The average molecular weight is 435 g/mol. The summed E-state index contributed by atoms with van der Waals surface area (Å²) in [6.07, 6.45) is 1.77. The van der Waals surface area contributed by atoms with E-state index < -0.39 is 0 Å². The van der Waals surface area contributed by atoms with Crippen molar-refractivity contribution in [1.82, 2.24) is 4.90 Å². The molecule has 0 unspecified atom stereocenters. The number of rotatable bonds is 3. The molecule has 0 N–H and O–H groups in total. The van der Waals surface area contributed by atoms with Gasteiger partial charge in [-0.2, -0.15) is 0 Å². The molecule has 1 saturated heterocycles. The lowest BCUT2D eigenvalue weighted by Gasteiger charge is -2.12. The molecule has 0 atom stereocenters. The van der Waals surface area contributed by atoms with Crippen molar-refractivity contribution in [2.75, 3.05) is 0 Å². The summed E-state index contributed by atoms with van der Waals surface area (Å²) in [7, 11) is 0. The van der Waals surface area contributed by atoms with Gasteiger partial charge in [0.15, 0.2) is 0 Å². The van der Waals surface area contributed by atoms with Crippen LogP contribution in [0, 0.1) is 10.5 Å². The Hall–Kier alpha value is -1.60. The summed E-state index contributed by atoms with van der Waals surface area (Å²) < 4.78 is 1.13. The fourth-order valence-corrected chi connectivity index (χ4v) is 3.42. The summed E-state index contributed by atoms with van der Waals surface area (Å²) in [5.74, 6) is -0.223. The highest BCUT2D eigenvalue weighted by Crippen LogP contribution is 2.33. The molecule has 5 heteroatoms. The zero-order valence-corrected chi connectivity index (χ0v) is 15.4. The number of thioether (sulfide) groups is 1. The van der Waals surface area contributed by atoms with Crippen molar-refractivity contribution in [3.05, 3.63) is 73.7 Å². The molecular weight excluding hydrogens is 421 g/mol. The topological polar surface area (TPSA) is 37.4 Å². The molecule has 2 amide bonds. The molecule has 2 aromatic carbocycles. The first kappa shape index (κ1) is 16.3. The summed E-state index contributed by atoms with van der Waals surface area (Å²) in [5, 5.41) is -0.215. The van der Waals surface area contributed by atoms with Gasteiger partial charge in [0.1, 0.15) is 0 Å². The van der Waals surface area contributed by atoms with Gasteiger partial charge >= 0.3 is 0 Å². The Bertz CT molecular complexity index is 782. The Labute approximate surface area is 152 Å². The van der Waals surface area contributed by atoms with E-state index in [9.17, 15) is 9.59 Å². The molecule has 2 aromatic rings. The second kappa shape index (κ2) is 6.88. The number of nitrogens with zero attached hydrogens (tertiary/aromatic N) is 1. The molecule has 1 fully saturated rings. The third-order valence-electron chi connectivity index (χ3n) is 3.50. The highest BCUT2D eigenvalue weighted by Gasteiger charge is 2.34. The first-order valence-electron chi connectivity index (χ1n) is 7.09. The van der Waals surface area contributed by atoms with Crippen molar-refractivity contribution in [1.29, 1.82) is 0 Å². The Kier molecular flexibility index (Phi) is 4.87. The molecular formula is C18H14INO2S. The Morgan fingerprint density at radius 2 is 1.70 bits per heavy atom. The molecule has 116 valence electrons. The number of hydrogen-bond donors (Lipinski definition) is 0. The lowest BCUT2D eigenvalue weighted by Crippen LogP contribution is -2.27. The second-order valence-corrected chi connectivity index (χ2v) is 7.54. The predicted octanol–water partition coefficient (Wildman–Crippen LogP) is 4.84. The van der Waals surface area contributed by atoms with Gasteiger partial charge in [-0.25, -0.2) is 0 Å². The first-order chi connectivity index (χ1) is 11.0. The SMILES string of the molecule is Cc1ccc(CN2C(=O)S/C(=C\c3ccc(I)cc3)C2=O)cc1. The monoisotopic (exact) mass is 435 g/mol. The molecule has 1 heterocycles. The van der Waals surface area contributed by atoms with Crippen molar-refractivity contribution in [2.45, 2.75) is 13.5 Å². The number of aryl methyl sites for hydroxylation is 1. The van der Waals surface area contributed by atoms with Crippen LogP contribution in [0.25, 0.3) is 6.08 Å². The number of hydrogen-bond acceptors (Lipinski definition) is 3. The van der Waals surface area contributed by atoms with E-state index in [1.165, 1.54) is 4.90 Å². The zero-order chi connectivity index (χ0) is 16.4. The number of carbonyl (C=O) groups is 2. The van der Waals surface area contributed by atoms with Crippen molar-refractivity contribution < 1.29 is 9.59 Å². The summed E-state index contributed by atoms with van der Waals surface area (Å²) in [4.78, 5) is 26.4. The van der Waals surface area contributed by atoms with E-state index >= 15 is 0 Å². The summed E-state index contributed by atoms with van der Waals surface area (Å²) >= 11 is 3.23. The molecule has 23 heavy (non-hydrogen) atoms. The van der Waals surface area contributed by atoms with Gasteiger partial charge in [0.25, 0.3) is 11.1 Å². The lowest BCUT2D eigenvalue weighted by molar-refractivity contribution is -0.123. The van der Waals surface area contributed by atoms with Crippen molar-refractivity contribution in [2.24, 2.45) is 0 Å². The molecule has 0 aromatic heterocycles. The van der Waals surface area contributed by atoms with Gasteiger partial charge < -0.3 is 0 Å². The number of benzene rings is 2. The summed E-state index contributed by atoms with van der Waals surface area (Å²) in [5.41, 5.74) is 3.03. The molecule has 1 aliphatic heterocycles. The van der Waals surface area contributed by atoms with Crippen LogP contribution < -0.4 is 0 Å². The predicted molar refractivity (Wildman–Crippen MR) is 102 cm³/mol. The van der Waals surface area contributed by atoms with Crippen molar-refractivity contribution in [3.8, 4) is 0 Å². The van der Waals surface area contributed by atoms with E-state index in [1.807, 2.05) is 55.5 Å². The van der Waals surface area contributed by atoms with Gasteiger partial charge in [0.2, 0.25) is 0 Å². The van der Waals surface area contributed by atoms with Crippen LogP contribution in [-0.4, -0.2) is 16.0 Å². The molecule has 0 saturated carbocycles. The fraction of sp³-hybridized carbons (Fsp3) is 0.111. The summed E-state index contributed by atoms with van der Waals surface area (Å²) in [6.45, 7) is 2.32. The average Bonchev–Trinajstić information content (AvgIpc) is 2.79. The van der Waals surface area contributed by atoms with Gasteiger partial charge in [-0.15, -0.1) is 0 Å². The van der Waals surface area contributed by atoms with Crippen LogP contribution in [0.2, 0.25) is 0 Å². The van der Waals surface area contributed by atoms with E-state index in [0.717, 1.165) is 32.0 Å². The minimum absolute atomic E-state index is 0.215. The van der Waals surface area contributed by atoms with E-state index in [4.69, 9.17) is 0 Å². The number of halogens is 1. The van der Waals surface area contributed by atoms with Crippen LogP contribution in [0.4, 0.5) is 4.79 Å². The van der Waals surface area contributed by atoms with Crippen LogP contribution in [0.5, 0.6) is 0 Å². The highest BCUT2D eigenvalue weighted by molar-refractivity contribution is 14.1. The van der Waals surface area contributed by atoms with Gasteiger partial charge in [-0.1, -0.05) is 42.0 Å². The Balaban J connectivity index is 1.79. The smallest absolute Gasteiger partial charge is 0.268 e. The van der Waals surface area contributed by atoms with E-state index in [-0.39, 0.29) is 11.1 Å². The van der Waals surface area contributed by atoms with Crippen molar-refractivity contribution in [3.63, 3.8) is 0 Å². The number of amides is 2. The Morgan fingerprint density at radius 3 is 2.35 bits per heavy atom. The maximum absolute atomic E-state index is 12.5. The minimum Gasteiger partial charge on any atom is -0.268 e. The quantitative estimate of drug-likeness (QED) is 0.512. The van der Waals surface area contributed by atoms with Crippen LogP contribution in [-0.2, 0) is 11.3 Å². The van der Waals surface area contributed by atoms with Gasteiger partial charge in [0, 0.05) is 3.57 Å². The van der Waals surface area contributed by atoms with Crippen LogP contribution >= 0.6 is 34.4 Å². The normalized spacial score (nSPS) is 16.4. The lowest BCUT2D eigenvalue weighted by atomic mass is 10.1. The summed E-state index contributed by atoms with van der Waals surface area (Å²) in [6, 6.07) is 15.7. The minimum atomic E-state index is -0.223. The third kappa shape index (κ3) is 3.84. The van der Waals surface area contributed by atoms with Crippen molar-refractivity contribution >= 4 is 51.6 Å². The molecule has 0 radical (unpaired) electrons. The van der Waals surface area contributed by atoms with Gasteiger partial charge in [-0.3, -0.25) is 14.5 Å². The molecule has 0 aliphatic carbocycles. The van der Waals surface area contributed by atoms with Gasteiger partial charge in [0.05, 0.1) is 11.4 Å². The molecule has 0 bridgehead atoms. The second-order valence-electron chi connectivity index (χ2n) is 5.31. The van der Waals surface area contributed by atoms with Gasteiger partial charge in [-0.05, 0) is 70.6 Å². The van der Waals surface area contributed by atoms with Crippen LogP contribution in [0.1, 0.15) is 16.7 Å². The zero-order valence-electron chi connectivity index (χ0n) is 12.5. The maximum Gasteiger partial charge on any atom is 0.293 e. The number of imide groups is 1. The Morgan fingerprint density at radius 1 is 1.04 bits per heavy atom. The van der Waals surface area contributed by atoms with Crippen LogP contribution in [0.15, 0.2) is 53.4 Å². The molecule has 3 rings (SSSR count). The third-order valence-corrected chi connectivity index (χ3v) is 5.13. The van der Waals surface area contributed by atoms with E-state index in [0.29, 0.717) is 11.4 Å². The maximum atomic E-state index is 12.5.